The van der Waals surface area contributed by atoms with Crippen LogP contribution in [0.15, 0.2) is 30.5 Å². The predicted octanol–water partition coefficient (Wildman–Crippen LogP) is 2.13. The van der Waals surface area contributed by atoms with Crippen molar-refractivity contribution in [3.05, 3.63) is 41.7 Å². The molecule has 0 spiro atoms. The molecular weight excluding hydrogens is 368 g/mol. The molecule has 1 atom stereocenters. The van der Waals surface area contributed by atoms with Crippen LogP contribution < -0.4 is 5.32 Å². The summed E-state index contributed by atoms with van der Waals surface area (Å²) in [5.41, 5.74) is 1.82. The normalized spacial score (nSPS) is 16.4. The van der Waals surface area contributed by atoms with E-state index in [9.17, 15) is 14.4 Å². The van der Waals surface area contributed by atoms with Crippen LogP contribution in [-0.4, -0.2) is 55.2 Å². The number of amides is 2. The third kappa shape index (κ3) is 3.82. The number of thioether (sulfide) groups is 1. The maximum absolute atomic E-state index is 12.6. The zero-order valence-corrected chi connectivity index (χ0v) is 15.8. The molecule has 2 amide bonds. The van der Waals surface area contributed by atoms with Crippen LogP contribution in [0.3, 0.4) is 0 Å². The van der Waals surface area contributed by atoms with Crippen molar-refractivity contribution in [1.29, 1.82) is 0 Å². The van der Waals surface area contributed by atoms with Gasteiger partial charge in [-0.3, -0.25) is 9.59 Å². The summed E-state index contributed by atoms with van der Waals surface area (Å²) in [4.78, 5) is 37.4. The number of carbonyl (C=O) groups excluding carboxylic acids is 2. The van der Waals surface area contributed by atoms with E-state index in [1.807, 2.05) is 0 Å². The number of carboxylic acids is 1. The molecule has 1 unspecified atom stereocenters. The Morgan fingerprint density at radius 3 is 2.81 bits per heavy atom. The molecule has 1 aromatic carbocycles. The van der Waals surface area contributed by atoms with Gasteiger partial charge in [-0.1, -0.05) is 13.0 Å². The molecule has 1 aliphatic heterocycles. The molecule has 142 valence electrons. The highest BCUT2D eigenvalue weighted by Crippen LogP contribution is 2.24. The number of anilines is 1. The molecule has 0 saturated carbocycles. The number of aromatic nitrogens is 2. The largest absolute Gasteiger partial charge is 0.478 e. The first-order valence-electron chi connectivity index (χ1n) is 8.48. The van der Waals surface area contributed by atoms with Crippen LogP contribution in [0.5, 0.6) is 0 Å². The summed E-state index contributed by atoms with van der Waals surface area (Å²) < 4.78 is 1.51. The van der Waals surface area contributed by atoms with E-state index in [2.05, 4.69) is 10.4 Å². The number of aromatic carboxylic acids is 1. The number of nitrogens with one attached hydrogen (secondary N) is 1. The van der Waals surface area contributed by atoms with Crippen LogP contribution in [-0.2, 0) is 9.59 Å². The van der Waals surface area contributed by atoms with Gasteiger partial charge in [0.2, 0.25) is 11.8 Å². The van der Waals surface area contributed by atoms with E-state index < -0.39 is 12.0 Å². The number of benzene rings is 1. The van der Waals surface area contributed by atoms with Gasteiger partial charge in [-0.25, -0.2) is 9.48 Å². The van der Waals surface area contributed by atoms with Gasteiger partial charge in [0.25, 0.3) is 0 Å². The van der Waals surface area contributed by atoms with Crippen molar-refractivity contribution in [3.8, 4) is 5.69 Å². The predicted molar refractivity (Wildman–Crippen MR) is 102 cm³/mol. The second-order valence-corrected chi connectivity index (χ2v) is 7.13. The van der Waals surface area contributed by atoms with Gasteiger partial charge >= 0.3 is 5.97 Å². The maximum atomic E-state index is 12.6. The second-order valence-electron chi connectivity index (χ2n) is 6.13. The lowest BCUT2D eigenvalue weighted by molar-refractivity contribution is -0.135. The molecule has 2 heterocycles. The van der Waals surface area contributed by atoms with Crippen LogP contribution in [0.2, 0.25) is 0 Å². The van der Waals surface area contributed by atoms with E-state index in [0.717, 1.165) is 0 Å². The van der Waals surface area contributed by atoms with E-state index >= 15 is 0 Å². The topological polar surface area (TPSA) is 105 Å². The Kier molecular flexibility index (Phi) is 5.50. The Labute approximate surface area is 160 Å². The minimum Gasteiger partial charge on any atom is -0.478 e. The average Bonchev–Trinajstić information content (AvgIpc) is 3.28. The Morgan fingerprint density at radius 1 is 1.37 bits per heavy atom. The minimum absolute atomic E-state index is 0.0396. The number of carboxylic acid groups (broad SMARTS) is 1. The van der Waals surface area contributed by atoms with Crippen molar-refractivity contribution in [1.82, 2.24) is 14.7 Å². The lowest BCUT2D eigenvalue weighted by Crippen LogP contribution is -2.44. The summed E-state index contributed by atoms with van der Waals surface area (Å²) in [5.74, 6) is -0.223. The molecule has 1 aromatic heterocycles. The van der Waals surface area contributed by atoms with Crippen molar-refractivity contribution in [2.45, 2.75) is 26.3 Å². The highest BCUT2D eigenvalue weighted by Gasteiger charge is 2.33. The molecular formula is C18H20N4O4S. The number of hydrogen-bond acceptors (Lipinski definition) is 5. The van der Waals surface area contributed by atoms with Gasteiger partial charge in [0, 0.05) is 17.9 Å². The lowest BCUT2D eigenvalue weighted by Gasteiger charge is -2.22. The van der Waals surface area contributed by atoms with E-state index in [1.54, 1.807) is 54.8 Å². The number of rotatable bonds is 5. The molecule has 3 rings (SSSR count). The van der Waals surface area contributed by atoms with E-state index in [0.29, 0.717) is 35.1 Å². The van der Waals surface area contributed by atoms with Crippen LogP contribution in [0, 0.1) is 6.92 Å². The van der Waals surface area contributed by atoms with Crippen LogP contribution in [0.1, 0.15) is 29.4 Å². The zero-order chi connectivity index (χ0) is 19.6. The summed E-state index contributed by atoms with van der Waals surface area (Å²) in [7, 11) is 0. The van der Waals surface area contributed by atoms with E-state index in [1.165, 1.54) is 10.9 Å². The molecule has 1 aliphatic rings. The average molecular weight is 388 g/mol. The Balaban J connectivity index is 1.79. The summed E-state index contributed by atoms with van der Waals surface area (Å²) in [5, 5.41) is 16.1. The maximum Gasteiger partial charge on any atom is 0.339 e. The molecule has 1 fully saturated rings. The molecule has 0 radical (unpaired) electrons. The van der Waals surface area contributed by atoms with Gasteiger partial charge in [-0.15, -0.1) is 11.8 Å². The van der Waals surface area contributed by atoms with E-state index in [-0.39, 0.29) is 17.4 Å². The first kappa shape index (κ1) is 19.0. The highest BCUT2D eigenvalue weighted by atomic mass is 32.2. The number of nitrogens with zero attached hydrogens (tertiary/aromatic N) is 3. The minimum atomic E-state index is -1.04. The quantitative estimate of drug-likeness (QED) is 0.813. The summed E-state index contributed by atoms with van der Waals surface area (Å²) in [6.07, 6.45) is 1.66. The van der Waals surface area contributed by atoms with Crippen molar-refractivity contribution < 1.29 is 19.5 Å². The molecule has 9 heteroatoms. The second kappa shape index (κ2) is 7.83. The summed E-state index contributed by atoms with van der Waals surface area (Å²) in [6, 6.07) is 6.50. The third-order valence-corrected chi connectivity index (χ3v) is 5.42. The van der Waals surface area contributed by atoms with Gasteiger partial charge in [-0.05, 0) is 25.1 Å². The van der Waals surface area contributed by atoms with Gasteiger partial charge < -0.3 is 15.3 Å². The molecule has 0 bridgehead atoms. The first-order valence-corrected chi connectivity index (χ1v) is 9.64. The molecule has 8 nitrogen and oxygen atoms in total. The number of hydrogen-bond donors (Lipinski definition) is 2. The molecule has 1 saturated heterocycles. The smallest absolute Gasteiger partial charge is 0.339 e. The lowest BCUT2D eigenvalue weighted by atomic mass is 10.2. The fourth-order valence-corrected chi connectivity index (χ4v) is 4.11. The van der Waals surface area contributed by atoms with Gasteiger partial charge in [0.15, 0.2) is 0 Å². The van der Waals surface area contributed by atoms with Crippen LogP contribution >= 0.6 is 11.8 Å². The monoisotopic (exact) mass is 388 g/mol. The summed E-state index contributed by atoms with van der Waals surface area (Å²) >= 11 is 1.55. The molecule has 2 aromatic rings. The third-order valence-electron chi connectivity index (χ3n) is 4.41. The molecule has 27 heavy (non-hydrogen) atoms. The Morgan fingerprint density at radius 2 is 2.15 bits per heavy atom. The SMILES string of the molecule is CCC(=O)N1CSCC1C(=O)Nc1cccc(-n2ncc(C(=O)O)c2C)c1. The van der Waals surface area contributed by atoms with Gasteiger partial charge in [0.05, 0.1) is 23.5 Å². The summed E-state index contributed by atoms with van der Waals surface area (Å²) in [6.45, 7) is 3.45. The highest BCUT2D eigenvalue weighted by molar-refractivity contribution is 7.99. The van der Waals surface area contributed by atoms with E-state index in [4.69, 9.17) is 5.11 Å². The molecule has 0 aliphatic carbocycles. The van der Waals surface area contributed by atoms with Gasteiger partial charge in [0.1, 0.15) is 11.6 Å². The first-order chi connectivity index (χ1) is 12.9. The van der Waals surface area contributed by atoms with Crippen molar-refractivity contribution in [3.63, 3.8) is 0 Å². The van der Waals surface area contributed by atoms with Crippen molar-refractivity contribution >= 4 is 35.2 Å². The van der Waals surface area contributed by atoms with Crippen LogP contribution in [0.4, 0.5) is 5.69 Å². The standard InChI is InChI=1S/C18H20N4O4S/c1-3-16(23)21-10-27-9-15(21)17(24)20-12-5-4-6-13(7-12)22-11(2)14(8-19-22)18(25)26/h4-8,15H,3,9-10H2,1-2H3,(H,20,24)(H,25,26). The van der Waals surface area contributed by atoms with Gasteiger partial charge in [-0.2, -0.15) is 5.10 Å². The fourth-order valence-electron chi connectivity index (χ4n) is 2.93. The van der Waals surface area contributed by atoms with Crippen molar-refractivity contribution in [2.75, 3.05) is 16.9 Å². The molecule has 2 N–H and O–H groups in total. The number of carbonyl (C=O) groups is 3. The fraction of sp³-hybridized carbons (Fsp3) is 0.333. The van der Waals surface area contributed by atoms with Crippen molar-refractivity contribution in [2.24, 2.45) is 0 Å². The van der Waals surface area contributed by atoms with Crippen LogP contribution in [0.25, 0.3) is 5.69 Å². The Bertz CT molecular complexity index is 895. The Hall–Kier alpha value is -2.81. The zero-order valence-electron chi connectivity index (χ0n) is 15.0.